The van der Waals surface area contributed by atoms with Gasteiger partial charge in [0.1, 0.15) is 5.82 Å². The van der Waals surface area contributed by atoms with Gasteiger partial charge in [-0.05, 0) is 66.6 Å². The molecule has 0 radical (unpaired) electrons. The van der Waals surface area contributed by atoms with Crippen LogP contribution in [0.1, 0.15) is 44.6 Å². The molecular weight excluding hydrogens is 302 g/mol. The van der Waals surface area contributed by atoms with Crippen molar-refractivity contribution in [3.05, 3.63) is 22.3 Å². The number of pyridine rings is 1. The average molecular weight is 326 g/mol. The van der Waals surface area contributed by atoms with Gasteiger partial charge in [-0.15, -0.1) is 0 Å². The summed E-state index contributed by atoms with van der Waals surface area (Å²) in [5, 5.41) is 0. The van der Waals surface area contributed by atoms with Gasteiger partial charge in [-0.1, -0.05) is 6.92 Å². The molecule has 1 aromatic rings. The molecule has 1 aliphatic carbocycles. The van der Waals surface area contributed by atoms with Crippen molar-refractivity contribution in [3.8, 4) is 0 Å². The Bertz CT molecular complexity index is 414. The van der Waals surface area contributed by atoms with E-state index in [4.69, 9.17) is 5.73 Å². The second-order valence-corrected chi connectivity index (χ2v) is 6.41. The maximum Gasteiger partial charge on any atom is 0.129 e. The SMILES string of the molecule is CCCN(c1cc(C)c(Br)cn1)C1CCC(N)CC1. The van der Waals surface area contributed by atoms with E-state index in [0.717, 1.165) is 36.1 Å². The molecule has 0 amide bonds. The topological polar surface area (TPSA) is 42.2 Å². The number of nitrogens with two attached hydrogens (primary N) is 1. The summed E-state index contributed by atoms with van der Waals surface area (Å²) in [5.74, 6) is 1.11. The van der Waals surface area contributed by atoms with Gasteiger partial charge < -0.3 is 10.6 Å². The first-order chi connectivity index (χ1) is 9.11. The maximum absolute atomic E-state index is 6.01. The van der Waals surface area contributed by atoms with Crippen LogP contribution in [0.2, 0.25) is 0 Å². The number of anilines is 1. The fourth-order valence-corrected chi connectivity index (χ4v) is 3.04. The van der Waals surface area contributed by atoms with Crippen molar-refractivity contribution in [2.24, 2.45) is 5.73 Å². The third-order valence-corrected chi connectivity index (χ3v) is 4.80. The van der Waals surface area contributed by atoms with E-state index >= 15 is 0 Å². The van der Waals surface area contributed by atoms with Crippen LogP contribution in [0.25, 0.3) is 0 Å². The zero-order valence-corrected chi connectivity index (χ0v) is 13.5. The Morgan fingerprint density at radius 1 is 1.37 bits per heavy atom. The molecule has 1 fully saturated rings. The van der Waals surface area contributed by atoms with Gasteiger partial charge in [0, 0.05) is 29.3 Å². The van der Waals surface area contributed by atoms with Crippen LogP contribution in [-0.4, -0.2) is 23.6 Å². The quantitative estimate of drug-likeness (QED) is 0.918. The van der Waals surface area contributed by atoms with Crippen molar-refractivity contribution in [3.63, 3.8) is 0 Å². The van der Waals surface area contributed by atoms with E-state index in [2.05, 4.69) is 45.7 Å². The molecule has 0 spiro atoms. The Morgan fingerprint density at radius 2 is 2.05 bits per heavy atom. The summed E-state index contributed by atoms with van der Waals surface area (Å²) >= 11 is 3.52. The molecule has 2 rings (SSSR count). The molecule has 2 N–H and O–H groups in total. The summed E-state index contributed by atoms with van der Waals surface area (Å²) in [6.07, 6.45) is 7.73. The van der Waals surface area contributed by atoms with E-state index in [0.29, 0.717) is 12.1 Å². The van der Waals surface area contributed by atoms with Gasteiger partial charge >= 0.3 is 0 Å². The summed E-state index contributed by atoms with van der Waals surface area (Å²) in [7, 11) is 0. The molecule has 1 aliphatic rings. The van der Waals surface area contributed by atoms with Gasteiger partial charge in [-0.25, -0.2) is 4.98 Å². The van der Waals surface area contributed by atoms with Crippen molar-refractivity contribution in [2.45, 2.75) is 58.0 Å². The lowest BCUT2D eigenvalue weighted by molar-refractivity contribution is 0.374. The second-order valence-electron chi connectivity index (χ2n) is 5.55. The normalized spacial score (nSPS) is 23.4. The molecule has 0 bridgehead atoms. The monoisotopic (exact) mass is 325 g/mol. The Balaban J connectivity index is 2.16. The van der Waals surface area contributed by atoms with Crippen LogP contribution >= 0.6 is 15.9 Å². The van der Waals surface area contributed by atoms with Crippen molar-refractivity contribution in [1.29, 1.82) is 0 Å². The number of nitrogens with zero attached hydrogens (tertiary/aromatic N) is 2. The highest BCUT2D eigenvalue weighted by Gasteiger charge is 2.24. The molecule has 0 aromatic carbocycles. The van der Waals surface area contributed by atoms with E-state index in [1.807, 2.05) is 6.20 Å². The van der Waals surface area contributed by atoms with Crippen molar-refractivity contribution in [1.82, 2.24) is 4.98 Å². The van der Waals surface area contributed by atoms with E-state index in [9.17, 15) is 0 Å². The molecule has 4 heteroatoms. The predicted molar refractivity (Wildman–Crippen MR) is 84.5 cm³/mol. The molecule has 0 aliphatic heterocycles. The number of hydrogen-bond donors (Lipinski definition) is 1. The molecule has 1 saturated carbocycles. The smallest absolute Gasteiger partial charge is 0.129 e. The van der Waals surface area contributed by atoms with Crippen LogP contribution < -0.4 is 10.6 Å². The van der Waals surface area contributed by atoms with E-state index in [1.54, 1.807) is 0 Å². The summed E-state index contributed by atoms with van der Waals surface area (Å²) in [4.78, 5) is 7.08. The third kappa shape index (κ3) is 3.69. The van der Waals surface area contributed by atoms with E-state index in [-0.39, 0.29) is 0 Å². The Kier molecular flexibility index (Phi) is 5.22. The Hall–Kier alpha value is -0.610. The molecule has 19 heavy (non-hydrogen) atoms. The van der Waals surface area contributed by atoms with Gasteiger partial charge in [0.25, 0.3) is 0 Å². The highest BCUT2D eigenvalue weighted by Crippen LogP contribution is 2.28. The van der Waals surface area contributed by atoms with Gasteiger partial charge in [0.15, 0.2) is 0 Å². The minimum absolute atomic E-state index is 0.402. The first-order valence-corrected chi connectivity index (χ1v) is 8.05. The van der Waals surface area contributed by atoms with Gasteiger partial charge in [-0.2, -0.15) is 0 Å². The van der Waals surface area contributed by atoms with Crippen LogP contribution in [0.4, 0.5) is 5.82 Å². The minimum Gasteiger partial charge on any atom is -0.354 e. The van der Waals surface area contributed by atoms with E-state index in [1.165, 1.54) is 18.4 Å². The zero-order chi connectivity index (χ0) is 13.8. The van der Waals surface area contributed by atoms with Gasteiger partial charge in [-0.3, -0.25) is 0 Å². The van der Waals surface area contributed by atoms with Crippen molar-refractivity contribution < 1.29 is 0 Å². The largest absolute Gasteiger partial charge is 0.354 e. The Morgan fingerprint density at radius 3 is 2.63 bits per heavy atom. The number of halogens is 1. The standard InChI is InChI=1S/C15H24BrN3/c1-3-8-19(13-6-4-12(17)5-7-13)15-9-11(2)14(16)10-18-15/h9-10,12-13H,3-8,17H2,1-2H3. The highest BCUT2D eigenvalue weighted by atomic mass is 79.9. The summed E-state index contributed by atoms with van der Waals surface area (Å²) in [6.45, 7) is 5.43. The minimum atomic E-state index is 0.402. The molecule has 106 valence electrons. The van der Waals surface area contributed by atoms with E-state index < -0.39 is 0 Å². The number of aromatic nitrogens is 1. The molecule has 0 unspecified atom stereocenters. The van der Waals surface area contributed by atoms with Crippen LogP contribution in [0.5, 0.6) is 0 Å². The van der Waals surface area contributed by atoms with Gasteiger partial charge in [0.2, 0.25) is 0 Å². The zero-order valence-electron chi connectivity index (χ0n) is 11.9. The summed E-state index contributed by atoms with van der Waals surface area (Å²) < 4.78 is 1.08. The van der Waals surface area contributed by atoms with Crippen LogP contribution in [-0.2, 0) is 0 Å². The average Bonchev–Trinajstić information content (AvgIpc) is 2.41. The number of rotatable bonds is 4. The third-order valence-electron chi connectivity index (χ3n) is 3.97. The fourth-order valence-electron chi connectivity index (χ4n) is 2.82. The maximum atomic E-state index is 6.01. The molecule has 3 nitrogen and oxygen atoms in total. The van der Waals surface area contributed by atoms with Crippen LogP contribution in [0, 0.1) is 6.92 Å². The highest BCUT2D eigenvalue weighted by molar-refractivity contribution is 9.10. The fraction of sp³-hybridized carbons (Fsp3) is 0.667. The van der Waals surface area contributed by atoms with Crippen molar-refractivity contribution in [2.75, 3.05) is 11.4 Å². The lowest BCUT2D eigenvalue weighted by Gasteiger charge is -2.37. The predicted octanol–water partition coefficient (Wildman–Crippen LogP) is 3.64. The van der Waals surface area contributed by atoms with Crippen LogP contribution in [0.3, 0.4) is 0 Å². The summed E-state index contributed by atoms with van der Waals surface area (Å²) in [6, 6.07) is 3.20. The van der Waals surface area contributed by atoms with Gasteiger partial charge in [0.05, 0.1) is 0 Å². The molecule has 1 aromatic heterocycles. The first kappa shape index (κ1) is 14.8. The molecule has 1 heterocycles. The second kappa shape index (κ2) is 6.71. The lowest BCUT2D eigenvalue weighted by atomic mass is 9.90. The summed E-state index contributed by atoms with van der Waals surface area (Å²) in [5.41, 5.74) is 7.26. The molecule has 0 saturated heterocycles. The Labute approximate surface area is 124 Å². The molecule has 0 atom stereocenters. The molecular formula is C15H24BrN3. The first-order valence-electron chi connectivity index (χ1n) is 7.26. The lowest BCUT2D eigenvalue weighted by Crippen LogP contribution is -2.41. The number of aryl methyl sites for hydroxylation is 1. The van der Waals surface area contributed by atoms with Crippen molar-refractivity contribution >= 4 is 21.7 Å². The van der Waals surface area contributed by atoms with Crippen LogP contribution in [0.15, 0.2) is 16.7 Å². The number of hydrogen-bond acceptors (Lipinski definition) is 3.